The molecule has 1 aliphatic heterocycles. The van der Waals surface area contributed by atoms with Crippen molar-refractivity contribution in [1.29, 1.82) is 0 Å². The van der Waals surface area contributed by atoms with E-state index < -0.39 is 0 Å². The minimum Gasteiger partial charge on any atom is -0.490 e. The maximum atomic E-state index is 12.6. The van der Waals surface area contributed by atoms with E-state index in [1.807, 2.05) is 32.0 Å². The molecule has 0 bridgehead atoms. The van der Waals surface area contributed by atoms with E-state index in [1.165, 1.54) is 0 Å². The molecule has 1 aliphatic rings. The van der Waals surface area contributed by atoms with Gasteiger partial charge in [0.1, 0.15) is 12.4 Å². The highest BCUT2D eigenvalue weighted by Crippen LogP contribution is 2.42. The number of hydrogen-bond donors (Lipinski definition) is 1. The van der Waals surface area contributed by atoms with Crippen molar-refractivity contribution < 1.29 is 14.3 Å². The molecule has 158 valence electrons. The molecule has 31 heavy (non-hydrogen) atoms. The fourth-order valence-corrected chi connectivity index (χ4v) is 3.77. The summed E-state index contributed by atoms with van der Waals surface area (Å²) in [7, 11) is 0. The summed E-state index contributed by atoms with van der Waals surface area (Å²) >= 11 is 5.85. The van der Waals surface area contributed by atoms with E-state index in [-0.39, 0.29) is 30.0 Å². The highest BCUT2D eigenvalue weighted by atomic mass is 35.5. The van der Waals surface area contributed by atoms with Crippen LogP contribution in [0.2, 0.25) is 5.15 Å². The Labute approximate surface area is 184 Å². The van der Waals surface area contributed by atoms with Crippen LogP contribution in [0.3, 0.4) is 0 Å². The number of carbonyl (C=O) groups is 1. The smallest absolute Gasteiger partial charge is 0.226 e. The van der Waals surface area contributed by atoms with Gasteiger partial charge in [-0.15, -0.1) is 16.6 Å². The molecule has 9 heteroatoms. The Morgan fingerprint density at radius 3 is 2.81 bits per heavy atom. The lowest BCUT2D eigenvalue weighted by Gasteiger charge is -2.25. The van der Waals surface area contributed by atoms with Gasteiger partial charge >= 0.3 is 0 Å². The van der Waals surface area contributed by atoms with Crippen molar-refractivity contribution in [3.8, 4) is 29.7 Å². The lowest BCUT2D eigenvalue weighted by atomic mass is 9.85. The molecule has 0 saturated carbocycles. The predicted octanol–water partition coefficient (Wildman–Crippen LogP) is 3.51. The number of anilines is 1. The van der Waals surface area contributed by atoms with Crippen LogP contribution in [0, 0.1) is 19.3 Å². The Morgan fingerprint density at radius 2 is 2.10 bits per heavy atom. The van der Waals surface area contributed by atoms with Crippen LogP contribution in [-0.2, 0) is 4.79 Å². The van der Waals surface area contributed by atoms with Crippen LogP contribution in [0.5, 0.6) is 11.5 Å². The van der Waals surface area contributed by atoms with Gasteiger partial charge in [-0.1, -0.05) is 23.6 Å². The second kappa shape index (κ2) is 8.66. The quantitative estimate of drug-likeness (QED) is 0.593. The number of terminal acetylenes is 1. The molecule has 1 amide bonds. The minimum absolute atomic E-state index is 0.119. The normalized spacial score (nSPS) is 15.0. The van der Waals surface area contributed by atoms with Gasteiger partial charge in [-0.25, -0.2) is 0 Å². The van der Waals surface area contributed by atoms with Gasteiger partial charge in [0.2, 0.25) is 5.91 Å². The van der Waals surface area contributed by atoms with E-state index in [2.05, 4.69) is 26.5 Å². The zero-order valence-electron chi connectivity index (χ0n) is 17.1. The molecular weight excluding hydrogens is 418 g/mol. The number of nitrogens with one attached hydrogen (secondary N) is 1. The molecule has 0 fully saturated rings. The predicted molar refractivity (Wildman–Crippen MR) is 116 cm³/mol. The summed E-state index contributed by atoms with van der Waals surface area (Å²) in [6, 6.07) is 8.94. The molecule has 3 heterocycles. The van der Waals surface area contributed by atoms with Crippen LogP contribution in [0.4, 0.5) is 5.82 Å². The molecule has 4 rings (SSSR count). The van der Waals surface area contributed by atoms with Crippen LogP contribution in [0.1, 0.15) is 36.1 Å². The lowest BCUT2D eigenvalue weighted by molar-refractivity contribution is -0.116. The highest BCUT2D eigenvalue weighted by molar-refractivity contribution is 6.29. The van der Waals surface area contributed by atoms with Gasteiger partial charge in [-0.3, -0.25) is 4.79 Å². The summed E-state index contributed by atoms with van der Waals surface area (Å²) in [5.74, 6) is 4.30. The van der Waals surface area contributed by atoms with Gasteiger partial charge in [0.15, 0.2) is 22.5 Å². The monoisotopic (exact) mass is 437 g/mol. The van der Waals surface area contributed by atoms with E-state index >= 15 is 0 Å². The van der Waals surface area contributed by atoms with Crippen LogP contribution >= 0.6 is 11.6 Å². The van der Waals surface area contributed by atoms with Gasteiger partial charge in [-0.05, 0) is 43.7 Å². The Kier molecular flexibility index (Phi) is 5.78. The maximum absolute atomic E-state index is 12.6. The van der Waals surface area contributed by atoms with Gasteiger partial charge in [0.25, 0.3) is 0 Å². The van der Waals surface area contributed by atoms with E-state index in [4.69, 9.17) is 27.5 Å². The van der Waals surface area contributed by atoms with Crippen molar-refractivity contribution in [2.24, 2.45) is 0 Å². The number of ether oxygens (including phenoxy) is 2. The summed E-state index contributed by atoms with van der Waals surface area (Å²) in [5.41, 5.74) is 2.61. The number of halogens is 1. The summed E-state index contributed by atoms with van der Waals surface area (Å²) < 4.78 is 12.9. The first kappa shape index (κ1) is 20.7. The van der Waals surface area contributed by atoms with Crippen molar-refractivity contribution >= 4 is 23.3 Å². The molecule has 3 aromatic rings. The molecule has 1 aromatic carbocycles. The van der Waals surface area contributed by atoms with Gasteiger partial charge in [-0.2, -0.15) is 9.78 Å². The Bertz CT molecular complexity index is 1170. The number of nitrogens with zero attached hydrogens (tertiary/aromatic N) is 4. The third kappa shape index (κ3) is 4.05. The van der Waals surface area contributed by atoms with E-state index in [1.54, 1.807) is 16.8 Å². The third-order valence-corrected chi connectivity index (χ3v) is 5.12. The fourth-order valence-electron chi connectivity index (χ4n) is 3.67. The van der Waals surface area contributed by atoms with Crippen LogP contribution in [0.25, 0.3) is 5.82 Å². The molecule has 0 aliphatic carbocycles. The molecule has 0 saturated heterocycles. The standard InChI is InChI=1S/C22H20ClN5O3/c1-4-10-31-16-7-6-14(11-17(16)30-5-2)15-12-20(29)24-22-21(15)13(3)27-28(22)19-9-8-18(23)25-26-19/h1,6-9,11,15H,5,10,12H2,2-3H3,(H,24,29). The zero-order chi connectivity index (χ0) is 22.0. The summed E-state index contributed by atoms with van der Waals surface area (Å²) in [6.07, 6.45) is 5.58. The maximum Gasteiger partial charge on any atom is 0.226 e. The Balaban J connectivity index is 1.78. The second-order valence-electron chi connectivity index (χ2n) is 6.91. The average molecular weight is 438 g/mol. The number of hydrogen-bond acceptors (Lipinski definition) is 6. The van der Waals surface area contributed by atoms with E-state index in [0.29, 0.717) is 29.7 Å². The van der Waals surface area contributed by atoms with Crippen molar-refractivity contribution in [2.75, 3.05) is 18.5 Å². The van der Waals surface area contributed by atoms with Crippen LogP contribution < -0.4 is 14.8 Å². The molecule has 1 atom stereocenters. The third-order valence-electron chi connectivity index (χ3n) is 4.92. The largest absolute Gasteiger partial charge is 0.490 e. The zero-order valence-corrected chi connectivity index (χ0v) is 17.8. The molecule has 8 nitrogen and oxygen atoms in total. The molecule has 0 spiro atoms. The molecule has 0 radical (unpaired) electrons. The highest BCUT2D eigenvalue weighted by Gasteiger charge is 2.33. The number of rotatable bonds is 6. The van der Waals surface area contributed by atoms with E-state index in [0.717, 1.165) is 16.8 Å². The SMILES string of the molecule is C#CCOc1ccc(C2CC(=O)Nc3c2c(C)nn3-c2ccc(Cl)nn2)cc1OCC. The first-order valence-electron chi connectivity index (χ1n) is 9.73. The first-order chi connectivity index (χ1) is 15.0. The molecule has 2 aromatic heterocycles. The van der Waals surface area contributed by atoms with Gasteiger partial charge in [0.05, 0.1) is 12.3 Å². The van der Waals surface area contributed by atoms with Gasteiger partial charge in [0, 0.05) is 17.9 Å². The Morgan fingerprint density at radius 1 is 1.26 bits per heavy atom. The number of benzene rings is 1. The minimum atomic E-state index is -0.210. The summed E-state index contributed by atoms with van der Waals surface area (Å²) in [4.78, 5) is 12.6. The number of carbonyl (C=O) groups excluding carboxylic acids is 1. The van der Waals surface area contributed by atoms with Crippen molar-refractivity contribution in [1.82, 2.24) is 20.0 Å². The molecule has 1 unspecified atom stereocenters. The summed E-state index contributed by atoms with van der Waals surface area (Å²) in [6.45, 7) is 4.41. The van der Waals surface area contributed by atoms with E-state index in [9.17, 15) is 4.79 Å². The fraction of sp³-hybridized carbons (Fsp3) is 0.273. The number of amides is 1. The number of aryl methyl sites for hydroxylation is 1. The topological polar surface area (TPSA) is 91.2 Å². The van der Waals surface area contributed by atoms with Crippen LogP contribution in [0.15, 0.2) is 30.3 Å². The second-order valence-corrected chi connectivity index (χ2v) is 7.30. The molecular formula is C22H20ClN5O3. The average Bonchev–Trinajstić information content (AvgIpc) is 3.09. The first-order valence-corrected chi connectivity index (χ1v) is 10.1. The number of aromatic nitrogens is 4. The lowest BCUT2D eigenvalue weighted by Crippen LogP contribution is -2.25. The van der Waals surface area contributed by atoms with Gasteiger partial charge < -0.3 is 14.8 Å². The van der Waals surface area contributed by atoms with Crippen LogP contribution in [-0.4, -0.2) is 39.1 Å². The van der Waals surface area contributed by atoms with Crippen molar-refractivity contribution in [3.63, 3.8) is 0 Å². The summed E-state index contributed by atoms with van der Waals surface area (Å²) in [5, 5.41) is 15.8. The number of fused-ring (bicyclic) bond motifs is 1. The Hall–Kier alpha value is -3.57. The van der Waals surface area contributed by atoms with Crippen molar-refractivity contribution in [2.45, 2.75) is 26.2 Å². The molecule has 1 N–H and O–H groups in total. The van der Waals surface area contributed by atoms with Crippen molar-refractivity contribution in [3.05, 3.63) is 52.3 Å².